The highest BCUT2D eigenvalue weighted by Crippen LogP contribution is 2.31. The number of alkyl halides is 2. The Morgan fingerprint density at radius 3 is 2.48 bits per heavy atom. The molecule has 4 rings (SSSR count). The zero-order chi connectivity index (χ0) is 20.2. The van der Waals surface area contributed by atoms with Crippen molar-refractivity contribution in [1.29, 1.82) is 0 Å². The third kappa shape index (κ3) is 4.06. The molecule has 0 bridgehead atoms. The van der Waals surface area contributed by atoms with Crippen molar-refractivity contribution in [1.82, 2.24) is 25.2 Å². The van der Waals surface area contributed by atoms with Crippen LogP contribution < -0.4 is 0 Å². The number of hydrogen-bond donors (Lipinski definition) is 0. The summed E-state index contributed by atoms with van der Waals surface area (Å²) in [6.07, 6.45) is 2.38. The molecule has 0 radical (unpaired) electrons. The van der Waals surface area contributed by atoms with Gasteiger partial charge in [0, 0.05) is 16.7 Å². The quantitative estimate of drug-likeness (QED) is 0.427. The second-order valence-electron chi connectivity index (χ2n) is 6.61. The molecule has 29 heavy (non-hydrogen) atoms. The van der Waals surface area contributed by atoms with E-state index in [1.54, 1.807) is 22.9 Å². The molecule has 148 valence electrons. The lowest BCUT2D eigenvalue weighted by Gasteiger charge is -2.04. The van der Waals surface area contributed by atoms with E-state index in [0.717, 1.165) is 30.6 Å². The van der Waals surface area contributed by atoms with Crippen LogP contribution in [0.2, 0.25) is 0 Å². The van der Waals surface area contributed by atoms with E-state index in [-0.39, 0.29) is 22.9 Å². The van der Waals surface area contributed by atoms with Crippen LogP contribution in [0.1, 0.15) is 37.4 Å². The van der Waals surface area contributed by atoms with Gasteiger partial charge >= 0.3 is 0 Å². The molecule has 0 fully saturated rings. The summed E-state index contributed by atoms with van der Waals surface area (Å²) in [6.45, 7) is 2.14. The lowest BCUT2D eigenvalue weighted by molar-refractivity contribution is 0.152. The average molecular weight is 395 g/mol. The molecule has 0 N–H and O–H groups in total. The second kappa shape index (κ2) is 8.30. The van der Waals surface area contributed by atoms with E-state index in [9.17, 15) is 8.78 Å². The van der Waals surface area contributed by atoms with Gasteiger partial charge in [0.25, 0.3) is 6.43 Å². The molecule has 6 nitrogen and oxygen atoms in total. The Bertz CT molecular complexity index is 1090. The van der Waals surface area contributed by atoms with Crippen LogP contribution in [-0.4, -0.2) is 25.2 Å². The first kappa shape index (κ1) is 18.9. The number of nitrogens with zero attached hydrogens (tertiary/aromatic N) is 5. The minimum absolute atomic E-state index is 0.0665. The molecule has 0 saturated carbocycles. The molecule has 0 amide bonds. The molecular formula is C21H19F2N5O. The van der Waals surface area contributed by atoms with Crippen molar-refractivity contribution in [3.63, 3.8) is 0 Å². The Morgan fingerprint density at radius 1 is 0.966 bits per heavy atom. The predicted octanol–water partition coefficient (Wildman–Crippen LogP) is 5.26. The Morgan fingerprint density at radius 2 is 1.72 bits per heavy atom. The maximum atomic E-state index is 13.2. The van der Waals surface area contributed by atoms with E-state index in [1.807, 2.05) is 30.5 Å². The van der Waals surface area contributed by atoms with Gasteiger partial charge < -0.3 is 4.42 Å². The molecule has 0 aliphatic rings. The van der Waals surface area contributed by atoms with E-state index in [2.05, 4.69) is 27.4 Å². The fraction of sp³-hybridized carbons (Fsp3) is 0.238. The molecule has 2 aromatic carbocycles. The van der Waals surface area contributed by atoms with Crippen LogP contribution >= 0.6 is 0 Å². The van der Waals surface area contributed by atoms with Crippen molar-refractivity contribution in [3.8, 4) is 28.6 Å². The van der Waals surface area contributed by atoms with Crippen LogP contribution in [0.25, 0.3) is 28.6 Å². The minimum Gasteiger partial charge on any atom is -0.416 e. The number of rotatable bonds is 7. The highest BCUT2D eigenvalue weighted by atomic mass is 19.3. The molecule has 2 aromatic heterocycles. The normalized spacial score (nSPS) is 11.3. The molecule has 0 unspecified atom stereocenters. The number of aromatic nitrogens is 5. The van der Waals surface area contributed by atoms with Crippen molar-refractivity contribution < 1.29 is 13.2 Å². The maximum absolute atomic E-state index is 13.2. The minimum atomic E-state index is -2.62. The van der Waals surface area contributed by atoms with Crippen molar-refractivity contribution in [2.24, 2.45) is 0 Å². The molecule has 8 heteroatoms. The van der Waals surface area contributed by atoms with Crippen molar-refractivity contribution >= 4 is 0 Å². The standard InChI is InChI=1S/C21H19F2N5O/c1-2-3-6-15-13-28(27-24-15)16-11-9-14(10-12-16)20-25-26-21(29-20)18-8-5-4-7-17(18)19(22)23/h4-5,7-13,19H,2-3,6H2,1H3. The highest BCUT2D eigenvalue weighted by molar-refractivity contribution is 5.62. The van der Waals surface area contributed by atoms with Crippen molar-refractivity contribution in [2.75, 3.05) is 0 Å². The van der Waals surface area contributed by atoms with Gasteiger partial charge in [0.2, 0.25) is 11.8 Å². The zero-order valence-corrected chi connectivity index (χ0v) is 15.8. The predicted molar refractivity (Wildman–Crippen MR) is 104 cm³/mol. The van der Waals surface area contributed by atoms with Crippen LogP contribution in [0.4, 0.5) is 8.78 Å². The number of unbranched alkanes of at least 4 members (excludes halogenated alkanes) is 1. The Hall–Kier alpha value is -3.42. The molecule has 0 saturated heterocycles. The van der Waals surface area contributed by atoms with Gasteiger partial charge in [-0.2, -0.15) is 0 Å². The summed E-state index contributed by atoms with van der Waals surface area (Å²) < 4.78 is 33.8. The van der Waals surface area contributed by atoms with Crippen LogP contribution in [0.3, 0.4) is 0 Å². The smallest absolute Gasteiger partial charge is 0.264 e. The Kier molecular flexibility index (Phi) is 5.41. The molecule has 4 aromatic rings. The third-order valence-electron chi connectivity index (χ3n) is 4.56. The molecule has 2 heterocycles. The first-order chi connectivity index (χ1) is 14.2. The van der Waals surface area contributed by atoms with Crippen LogP contribution in [0.5, 0.6) is 0 Å². The van der Waals surface area contributed by atoms with Gasteiger partial charge in [0.15, 0.2) is 0 Å². The fourth-order valence-corrected chi connectivity index (χ4v) is 2.98. The van der Waals surface area contributed by atoms with Crippen molar-refractivity contribution in [2.45, 2.75) is 32.6 Å². The van der Waals surface area contributed by atoms with E-state index in [1.165, 1.54) is 6.07 Å². The van der Waals surface area contributed by atoms with Crippen LogP contribution in [0.15, 0.2) is 59.1 Å². The van der Waals surface area contributed by atoms with Gasteiger partial charge in [-0.15, -0.1) is 15.3 Å². The Balaban J connectivity index is 1.56. The van der Waals surface area contributed by atoms with E-state index < -0.39 is 6.43 Å². The number of aryl methyl sites for hydroxylation is 1. The maximum Gasteiger partial charge on any atom is 0.264 e. The second-order valence-corrected chi connectivity index (χ2v) is 6.61. The summed E-state index contributed by atoms with van der Waals surface area (Å²) in [7, 11) is 0. The zero-order valence-electron chi connectivity index (χ0n) is 15.8. The largest absolute Gasteiger partial charge is 0.416 e. The summed E-state index contributed by atoms with van der Waals surface area (Å²) in [4.78, 5) is 0. The van der Waals surface area contributed by atoms with Gasteiger partial charge in [0.1, 0.15) is 0 Å². The molecular weight excluding hydrogens is 376 g/mol. The van der Waals surface area contributed by atoms with Crippen LogP contribution in [0, 0.1) is 0 Å². The average Bonchev–Trinajstić information content (AvgIpc) is 3.42. The molecule has 0 aliphatic heterocycles. The topological polar surface area (TPSA) is 69.6 Å². The van der Waals surface area contributed by atoms with E-state index in [4.69, 9.17) is 4.42 Å². The number of halogens is 2. The SMILES string of the molecule is CCCCc1cn(-c2ccc(-c3nnc(-c4ccccc4C(F)F)o3)cc2)nn1. The van der Waals surface area contributed by atoms with E-state index in [0.29, 0.717) is 5.56 Å². The monoisotopic (exact) mass is 395 g/mol. The van der Waals surface area contributed by atoms with Gasteiger partial charge in [-0.05, 0) is 43.2 Å². The van der Waals surface area contributed by atoms with Gasteiger partial charge in [-0.3, -0.25) is 0 Å². The first-order valence-corrected chi connectivity index (χ1v) is 9.38. The number of hydrogen-bond acceptors (Lipinski definition) is 5. The first-order valence-electron chi connectivity index (χ1n) is 9.38. The van der Waals surface area contributed by atoms with Gasteiger partial charge in [0.05, 0.1) is 17.6 Å². The summed E-state index contributed by atoms with van der Waals surface area (Å²) in [5.41, 5.74) is 2.60. The van der Waals surface area contributed by atoms with Crippen LogP contribution in [-0.2, 0) is 6.42 Å². The summed E-state index contributed by atoms with van der Waals surface area (Å²) in [6, 6.07) is 13.5. The van der Waals surface area contributed by atoms with Gasteiger partial charge in [-0.1, -0.05) is 36.8 Å². The third-order valence-corrected chi connectivity index (χ3v) is 4.56. The highest BCUT2D eigenvalue weighted by Gasteiger charge is 2.18. The lowest BCUT2D eigenvalue weighted by Crippen LogP contribution is -1.94. The number of benzene rings is 2. The molecule has 0 atom stereocenters. The molecule has 0 aliphatic carbocycles. The summed E-state index contributed by atoms with van der Waals surface area (Å²) in [5, 5.41) is 16.3. The lowest BCUT2D eigenvalue weighted by atomic mass is 10.1. The van der Waals surface area contributed by atoms with Crippen molar-refractivity contribution in [3.05, 3.63) is 66.0 Å². The summed E-state index contributed by atoms with van der Waals surface area (Å²) in [5.74, 6) is 0.328. The Labute approximate surface area is 166 Å². The van der Waals surface area contributed by atoms with Gasteiger partial charge in [-0.25, -0.2) is 13.5 Å². The summed E-state index contributed by atoms with van der Waals surface area (Å²) >= 11 is 0. The fourth-order valence-electron chi connectivity index (χ4n) is 2.98. The van der Waals surface area contributed by atoms with E-state index >= 15 is 0 Å². The molecule has 0 spiro atoms.